The highest BCUT2D eigenvalue weighted by Gasteiger charge is 2.21. The van der Waals surface area contributed by atoms with Gasteiger partial charge in [-0.2, -0.15) is 0 Å². The van der Waals surface area contributed by atoms with Gasteiger partial charge in [0.2, 0.25) is 5.88 Å². The molecule has 0 saturated carbocycles. The van der Waals surface area contributed by atoms with E-state index in [2.05, 4.69) is 15.5 Å². The van der Waals surface area contributed by atoms with Gasteiger partial charge in [-0.1, -0.05) is 44.1 Å². The van der Waals surface area contributed by atoms with Crippen LogP contribution in [0.25, 0.3) is 0 Å². The number of hydrogen-bond acceptors (Lipinski definition) is 5. The summed E-state index contributed by atoms with van der Waals surface area (Å²) in [5, 5.41) is 6.32. The van der Waals surface area contributed by atoms with Crippen LogP contribution < -0.4 is 16.6 Å². The molecule has 0 radical (unpaired) electrons. The third-order valence-electron chi connectivity index (χ3n) is 4.11. The summed E-state index contributed by atoms with van der Waals surface area (Å²) in [7, 11) is 0. The third kappa shape index (κ3) is 3.93. The largest absolute Gasteiger partial charge is 0.338 e. The van der Waals surface area contributed by atoms with Crippen LogP contribution in [0.1, 0.15) is 42.4 Å². The standard InChI is InChI=1S/C19H19FN4O4/c1-19(2,3)14-8-15(28-23-14)22-16(25)12-9-21-18(27)24(17(12)26)10-11-6-4-5-7-13(11)20/h4-9H,10H2,1-3H3,(H,21,27)(H,22,25). The van der Waals surface area contributed by atoms with Crippen LogP contribution in [0.5, 0.6) is 0 Å². The van der Waals surface area contributed by atoms with Gasteiger partial charge in [0.15, 0.2) is 0 Å². The van der Waals surface area contributed by atoms with Crippen molar-refractivity contribution in [2.75, 3.05) is 5.32 Å². The zero-order valence-corrected chi connectivity index (χ0v) is 15.6. The van der Waals surface area contributed by atoms with E-state index in [1.165, 1.54) is 18.2 Å². The van der Waals surface area contributed by atoms with Crippen molar-refractivity contribution in [2.45, 2.75) is 32.7 Å². The summed E-state index contributed by atoms with van der Waals surface area (Å²) in [4.78, 5) is 39.4. The molecule has 0 aliphatic heterocycles. The molecule has 146 valence electrons. The minimum atomic E-state index is -0.847. The molecule has 2 heterocycles. The predicted octanol–water partition coefficient (Wildman–Crippen LogP) is 2.26. The molecule has 1 amide bonds. The van der Waals surface area contributed by atoms with E-state index in [0.717, 1.165) is 10.8 Å². The zero-order valence-electron chi connectivity index (χ0n) is 15.6. The number of aromatic amines is 1. The van der Waals surface area contributed by atoms with Crippen LogP contribution in [-0.2, 0) is 12.0 Å². The number of aromatic nitrogens is 3. The van der Waals surface area contributed by atoms with Crippen LogP contribution in [0, 0.1) is 5.82 Å². The lowest BCUT2D eigenvalue weighted by molar-refractivity contribution is 0.102. The Morgan fingerprint density at radius 1 is 1.29 bits per heavy atom. The highest BCUT2D eigenvalue weighted by molar-refractivity contribution is 6.03. The monoisotopic (exact) mass is 386 g/mol. The smallest absolute Gasteiger partial charge is 0.328 e. The maximum Gasteiger partial charge on any atom is 0.328 e. The van der Waals surface area contributed by atoms with E-state index >= 15 is 0 Å². The van der Waals surface area contributed by atoms with Crippen LogP contribution in [-0.4, -0.2) is 20.6 Å². The summed E-state index contributed by atoms with van der Waals surface area (Å²) in [5.41, 5.74) is -1.42. The first-order valence-electron chi connectivity index (χ1n) is 8.51. The van der Waals surface area contributed by atoms with Crippen LogP contribution >= 0.6 is 0 Å². The number of nitrogens with zero attached hydrogens (tertiary/aromatic N) is 2. The number of carbonyl (C=O) groups is 1. The second-order valence-corrected chi connectivity index (χ2v) is 7.27. The van der Waals surface area contributed by atoms with Crippen LogP contribution in [0.3, 0.4) is 0 Å². The van der Waals surface area contributed by atoms with Gasteiger partial charge in [-0.3, -0.25) is 19.5 Å². The molecule has 2 aromatic heterocycles. The van der Waals surface area contributed by atoms with Gasteiger partial charge in [0.05, 0.1) is 12.2 Å². The molecule has 3 rings (SSSR count). The fraction of sp³-hybridized carbons (Fsp3) is 0.263. The molecule has 0 aliphatic carbocycles. The fourth-order valence-corrected chi connectivity index (χ4v) is 2.48. The highest BCUT2D eigenvalue weighted by Crippen LogP contribution is 2.23. The van der Waals surface area contributed by atoms with E-state index < -0.39 is 23.0 Å². The number of benzene rings is 1. The Kier molecular flexibility index (Phi) is 5.00. The molecule has 8 nitrogen and oxygen atoms in total. The van der Waals surface area contributed by atoms with Gasteiger partial charge in [0, 0.05) is 23.2 Å². The van der Waals surface area contributed by atoms with Crippen molar-refractivity contribution < 1.29 is 13.7 Å². The molecule has 0 unspecified atom stereocenters. The van der Waals surface area contributed by atoms with Crippen molar-refractivity contribution in [3.8, 4) is 0 Å². The zero-order chi connectivity index (χ0) is 20.5. The van der Waals surface area contributed by atoms with Crippen molar-refractivity contribution in [2.24, 2.45) is 0 Å². The quantitative estimate of drug-likeness (QED) is 0.715. The number of hydrogen-bond donors (Lipinski definition) is 2. The number of rotatable bonds is 4. The molecule has 0 saturated heterocycles. The minimum Gasteiger partial charge on any atom is -0.338 e. The van der Waals surface area contributed by atoms with E-state index in [1.54, 1.807) is 12.1 Å². The molecule has 9 heteroatoms. The molecule has 0 aliphatic rings. The molecule has 1 aromatic carbocycles. The van der Waals surface area contributed by atoms with Gasteiger partial charge in [-0.05, 0) is 6.07 Å². The molecule has 0 atom stereocenters. The van der Waals surface area contributed by atoms with Gasteiger partial charge >= 0.3 is 5.69 Å². The molecule has 28 heavy (non-hydrogen) atoms. The van der Waals surface area contributed by atoms with E-state index in [4.69, 9.17) is 4.52 Å². The molecular formula is C19H19FN4O4. The first-order chi connectivity index (χ1) is 13.2. The maximum absolute atomic E-state index is 13.9. The van der Waals surface area contributed by atoms with Gasteiger partial charge in [0.25, 0.3) is 11.5 Å². The molecule has 3 aromatic rings. The van der Waals surface area contributed by atoms with Gasteiger partial charge in [-0.15, -0.1) is 0 Å². The third-order valence-corrected chi connectivity index (χ3v) is 4.11. The molecule has 2 N–H and O–H groups in total. The summed E-state index contributed by atoms with van der Waals surface area (Å²) in [6.07, 6.45) is 1.01. The second-order valence-electron chi connectivity index (χ2n) is 7.27. The summed E-state index contributed by atoms with van der Waals surface area (Å²) in [6.45, 7) is 5.48. The lowest BCUT2D eigenvalue weighted by Gasteiger charge is -2.12. The van der Waals surface area contributed by atoms with Crippen molar-refractivity contribution in [1.82, 2.24) is 14.7 Å². The first kappa shape index (κ1) is 19.3. The van der Waals surface area contributed by atoms with E-state index in [1.807, 2.05) is 20.8 Å². The van der Waals surface area contributed by atoms with E-state index in [-0.39, 0.29) is 29.0 Å². The highest BCUT2D eigenvalue weighted by atomic mass is 19.1. The average Bonchev–Trinajstić information content (AvgIpc) is 3.09. The minimum absolute atomic E-state index is 0.0705. The van der Waals surface area contributed by atoms with Gasteiger partial charge in [0.1, 0.15) is 11.4 Å². The van der Waals surface area contributed by atoms with Gasteiger partial charge < -0.3 is 9.51 Å². The topological polar surface area (TPSA) is 110 Å². The Morgan fingerprint density at radius 2 is 2.00 bits per heavy atom. The normalized spacial score (nSPS) is 11.4. The number of nitrogens with one attached hydrogen (secondary N) is 2. The molecule has 0 bridgehead atoms. The van der Waals surface area contributed by atoms with E-state index in [9.17, 15) is 18.8 Å². The molecule has 0 spiro atoms. The number of anilines is 1. The Balaban J connectivity index is 1.89. The Morgan fingerprint density at radius 3 is 2.64 bits per heavy atom. The van der Waals surface area contributed by atoms with Crippen LogP contribution in [0.15, 0.2) is 50.6 Å². The predicted molar refractivity (Wildman–Crippen MR) is 100.0 cm³/mol. The van der Waals surface area contributed by atoms with Crippen molar-refractivity contribution >= 4 is 11.8 Å². The summed E-state index contributed by atoms with van der Waals surface area (Å²) >= 11 is 0. The van der Waals surface area contributed by atoms with Crippen molar-refractivity contribution in [3.05, 3.63) is 80.0 Å². The molecular weight excluding hydrogens is 367 g/mol. The number of amides is 1. The van der Waals surface area contributed by atoms with Crippen molar-refractivity contribution in [1.29, 1.82) is 0 Å². The fourth-order valence-electron chi connectivity index (χ4n) is 2.48. The number of carbonyl (C=O) groups excluding carboxylic acids is 1. The average molecular weight is 386 g/mol. The number of H-pyrrole nitrogens is 1. The number of halogens is 1. The van der Waals surface area contributed by atoms with Crippen LogP contribution in [0.4, 0.5) is 10.3 Å². The van der Waals surface area contributed by atoms with Gasteiger partial charge in [-0.25, -0.2) is 9.18 Å². The summed E-state index contributed by atoms with van der Waals surface area (Å²) in [6, 6.07) is 7.32. The van der Waals surface area contributed by atoms with E-state index in [0.29, 0.717) is 5.69 Å². The Hall–Kier alpha value is -3.49. The summed E-state index contributed by atoms with van der Waals surface area (Å²) in [5.74, 6) is -1.26. The molecule has 0 fully saturated rings. The second kappa shape index (κ2) is 7.26. The lowest BCUT2D eigenvalue weighted by Crippen LogP contribution is -2.39. The maximum atomic E-state index is 13.9. The summed E-state index contributed by atoms with van der Waals surface area (Å²) < 4.78 is 19.7. The Bertz CT molecular complexity index is 1140. The first-order valence-corrected chi connectivity index (χ1v) is 8.51. The van der Waals surface area contributed by atoms with Crippen molar-refractivity contribution in [3.63, 3.8) is 0 Å². The van der Waals surface area contributed by atoms with Crippen LogP contribution in [0.2, 0.25) is 0 Å². The Labute approximate surface area is 159 Å². The lowest BCUT2D eigenvalue weighted by atomic mass is 9.92. The SMILES string of the molecule is CC(C)(C)c1cc(NC(=O)c2c[nH]c(=O)n(Cc3ccccc3F)c2=O)on1.